The Hall–Kier alpha value is -0.0900. The van der Waals surface area contributed by atoms with Crippen LogP contribution in [0.1, 0.15) is 43.5 Å². The average molecular weight is 287 g/mol. The van der Waals surface area contributed by atoms with Gasteiger partial charge in [-0.25, -0.2) is 0 Å². The van der Waals surface area contributed by atoms with Crippen LogP contribution < -0.4 is 5.32 Å². The minimum absolute atomic E-state index is 0.412. The normalized spacial score (nSPS) is 19.7. The Balaban J connectivity index is 1.68. The number of nitrogens with zero attached hydrogens (tertiary/aromatic N) is 1. The predicted octanol–water partition coefficient (Wildman–Crippen LogP) is 3.93. The van der Waals surface area contributed by atoms with E-state index in [9.17, 15) is 0 Å². The zero-order chi connectivity index (χ0) is 12.8. The Morgan fingerprint density at radius 1 is 1.28 bits per heavy atom. The summed E-state index contributed by atoms with van der Waals surface area (Å²) < 4.78 is 0.881. The van der Waals surface area contributed by atoms with Crippen molar-refractivity contribution < 1.29 is 0 Å². The number of halogens is 1. The van der Waals surface area contributed by atoms with E-state index in [2.05, 4.69) is 23.2 Å². The topological polar surface area (TPSA) is 15.3 Å². The number of hydrogen-bond acceptors (Lipinski definition) is 3. The summed E-state index contributed by atoms with van der Waals surface area (Å²) in [7, 11) is 0. The van der Waals surface area contributed by atoms with Gasteiger partial charge in [0.15, 0.2) is 0 Å². The lowest BCUT2D eigenvalue weighted by molar-refractivity contribution is 0.280. The van der Waals surface area contributed by atoms with Crippen molar-refractivity contribution in [2.75, 3.05) is 26.2 Å². The molecule has 1 aromatic heterocycles. The van der Waals surface area contributed by atoms with Crippen LogP contribution in [0.15, 0.2) is 12.1 Å². The summed E-state index contributed by atoms with van der Waals surface area (Å²) in [6.07, 6.45) is 5.56. The molecule has 0 bridgehead atoms. The van der Waals surface area contributed by atoms with E-state index in [4.69, 9.17) is 11.6 Å². The lowest BCUT2D eigenvalue weighted by atomic mass is 10.2. The van der Waals surface area contributed by atoms with Gasteiger partial charge in [0.2, 0.25) is 0 Å². The molecule has 1 fully saturated rings. The van der Waals surface area contributed by atoms with E-state index in [1.165, 1.54) is 50.2 Å². The minimum atomic E-state index is 0.412. The number of hydrogen-bond donors (Lipinski definition) is 1. The molecule has 1 saturated heterocycles. The fourth-order valence-electron chi connectivity index (χ4n) is 2.46. The quantitative estimate of drug-likeness (QED) is 0.882. The molecule has 0 aliphatic carbocycles. The van der Waals surface area contributed by atoms with E-state index in [1.807, 2.05) is 6.07 Å². The van der Waals surface area contributed by atoms with E-state index in [0.29, 0.717) is 6.04 Å². The lowest BCUT2D eigenvalue weighted by Gasteiger charge is -2.21. The van der Waals surface area contributed by atoms with Crippen LogP contribution >= 0.6 is 22.9 Å². The third kappa shape index (κ3) is 4.54. The van der Waals surface area contributed by atoms with Crippen molar-refractivity contribution in [3.63, 3.8) is 0 Å². The molecule has 1 aliphatic rings. The van der Waals surface area contributed by atoms with E-state index >= 15 is 0 Å². The maximum atomic E-state index is 5.96. The van der Waals surface area contributed by atoms with Gasteiger partial charge in [-0.3, -0.25) is 0 Å². The van der Waals surface area contributed by atoms with Crippen LogP contribution in [0.2, 0.25) is 4.34 Å². The van der Waals surface area contributed by atoms with Gasteiger partial charge in [-0.05, 0) is 45.0 Å². The van der Waals surface area contributed by atoms with Crippen molar-refractivity contribution in [1.82, 2.24) is 10.2 Å². The molecular weight excluding hydrogens is 264 g/mol. The number of likely N-dealkylation sites (tertiary alicyclic amines) is 1. The second kappa shape index (κ2) is 7.49. The lowest BCUT2D eigenvalue weighted by Crippen LogP contribution is -2.33. The van der Waals surface area contributed by atoms with Crippen LogP contribution in [0.4, 0.5) is 0 Å². The Morgan fingerprint density at radius 3 is 2.61 bits per heavy atom. The largest absolute Gasteiger partial charge is 0.308 e. The molecule has 0 aromatic carbocycles. The summed E-state index contributed by atoms with van der Waals surface area (Å²) in [4.78, 5) is 3.92. The summed E-state index contributed by atoms with van der Waals surface area (Å²) >= 11 is 7.64. The minimum Gasteiger partial charge on any atom is -0.308 e. The summed E-state index contributed by atoms with van der Waals surface area (Å²) in [5.41, 5.74) is 0. The maximum absolute atomic E-state index is 5.96. The molecule has 2 heterocycles. The van der Waals surface area contributed by atoms with Crippen LogP contribution in [-0.2, 0) is 0 Å². The van der Waals surface area contributed by atoms with Crippen molar-refractivity contribution in [3.05, 3.63) is 21.3 Å². The van der Waals surface area contributed by atoms with E-state index in [1.54, 1.807) is 11.3 Å². The number of nitrogens with one attached hydrogen (secondary N) is 1. The average Bonchev–Trinajstić information content (AvgIpc) is 2.63. The monoisotopic (exact) mass is 286 g/mol. The van der Waals surface area contributed by atoms with Crippen LogP contribution in [0, 0.1) is 0 Å². The van der Waals surface area contributed by atoms with Crippen molar-refractivity contribution in [2.24, 2.45) is 0 Å². The van der Waals surface area contributed by atoms with E-state index in [0.717, 1.165) is 10.9 Å². The Kier molecular flexibility index (Phi) is 5.96. The zero-order valence-electron chi connectivity index (χ0n) is 11.1. The Morgan fingerprint density at radius 2 is 2.00 bits per heavy atom. The van der Waals surface area contributed by atoms with Gasteiger partial charge >= 0.3 is 0 Å². The SMILES string of the molecule is CC(NCCN1CCCCCC1)c1ccc(Cl)s1. The van der Waals surface area contributed by atoms with Crippen molar-refractivity contribution in [2.45, 2.75) is 38.6 Å². The van der Waals surface area contributed by atoms with Gasteiger partial charge in [-0.1, -0.05) is 24.4 Å². The van der Waals surface area contributed by atoms with Gasteiger partial charge in [0.25, 0.3) is 0 Å². The smallest absolute Gasteiger partial charge is 0.0931 e. The van der Waals surface area contributed by atoms with Crippen LogP contribution in [0.25, 0.3) is 0 Å². The summed E-state index contributed by atoms with van der Waals surface area (Å²) in [6, 6.07) is 4.51. The Bertz CT molecular complexity index is 345. The summed E-state index contributed by atoms with van der Waals surface area (Å²) in [6.45, 7) is 7.01. The molecule has 2 rings (SSSR count). The zero-order valence-corrected chi connectivity index (χ0v) is 12.7. The number of rotatable bonds is 5. The molecule has 1 aromatic rings. The second-order valence-corrected chi connectivity index (χ2v) is 6.82. The third-order valence-corrected chi connectivity index (χ3v) is 5.01. The van der Waals surface area contributed by atoms with Gasteiger partial charge in [-0.15, -0.1) is 11.3 Å². The highest BCUT2D eigenvalue weighted by molar-refractivity contribution is 7.16. The van der Waals surface area contributed by atoms with Gasteiger partial charge in [-0.2, -0.15) is 0 Å². The molecule has 1 atom stereocenters. The Labute approximate surface area is 119 Å². The maximum Gasteiger partial charge on any atom is 0.0931 e. The highest BCUT2D eigenvalue weighted by Gasteiger charge is 2.10. The van der Waals surface area contributed by atoms with E-state index < -0.39 is 0 Å². The molecule has 2 nitrogen and oxygen atoms in total. The molecule has 18 heavy (non-hydrogen) atoms. The van der Waals surface area contributed by atoms with Crippen LogP contribution in [-0.4, -0.2) is 31.1 Å². The van der Waals surface area contributed by atoms with Gasteiger partial charge in [0, 0.05) is 24.0 Å². The molecule has 102 valence electrons. The molecule has 4 heteroatoms. The number of thiophene rings is 1. The van der Waals surface area contributed by atoms with Gasteiger partial charge in [0.1, 0.15) is 0 Å². The van der Waals surface area contributed by atoms with Crippen molar-refractivity contribution >= 4 is 22.9 Å². The summed E-state index contributed by atoms with van der Waals surface area (Å²) in [5, 5.41) is 3.59. The molecule has 0 radical (unpaired) electrons. The van der Waals surface area contributed by atoms with Gasteiger partial charge < -0.3 is 10.2 Å². The molecular formula is C14H23ClN2S. The van der Waals surface area contributed by atoms with Crippen molar-refractivity contribution in [3.8, 4) is 0 Å². The fourth-order valence-corrected chi connectivity index (χ4v) is 3.55. The summed E-state index contributed by atoms with van der Waals surface area (Å²) in [5.74, 6) is 0. The molecule has 0 saturated carbocycles. The molecule has 1 aliphatic heterocycles. The molecule has 1 N–H and O–H groups in total. The van der Waals surface area contributed by atoms with Gasteiger partial charge in [0.05, 0.1) is 4.34 Å². The first-order valence-electron chi connectivity index (χ1n) is 6.96. The predicted molar refractivity (Wildman–Crippen MR) is 80.7 cm³/mol. The van der Waals surface area contributed by atoms with Crippen LogP contribution in [0.5, 0.6) is 0 Å². The second-order valence-electron chi connectivity index (χ2n) is 5.07. The first-order valence-corrected chi connectivity index (χ1v) is 8.16. The first-order chi connectivity index (χ1) is 8.75. The molecule has 1 unspecified atom stereocenters. The highest BCUT2D eigenvalue weighted by atomic mass is 35.5. The third-order valence-electron chi connectivity index (χ3n) is 3.60. The van der Waals surface area contributed by atoms with E-state index in [-0.39, 0.29) is 0 Å². The highest BCUT2D eigenvalue weighted by Crippen LogP contribution is 2.26. The van der Waals surface area contributed by atoms with Crippen molar-refractivity contribution in [1.29, 1.82) is 0 Å². The standard InChI is InChI=1S/C14H23ClN2S/c1-12(13-6-7-14(15)18-13)16-8-11-17-9-4-2-3-5-10-17/h6-7,12,16H,2-5,8-11H2,1H3. The van der Waals surface area contributed by atoms with Crippen LogP contribution in [0.3, 0.4) is 0 Å². The fraction of sp³-hybridized carbons (Fsp3) is 0.714. The first kappa shape index (κ1) is 14.3. The molecule has 0 spiro atoms. The molecule has 0 amide bonds.